The van der Waals surface area contributed by atoms with Gasteiger partial charge in [-0.25, -0.2) is 4.98 Å². The third kappa shape index (κ3) is 5.19. The number of aromatic nitrogens is 1. The lowest BCUT2D eigenvalue weighted by molar-refractivity contribution is -0.120. The Morgan fingerprint density at radius 2 is 1.93 bits per heavy atom. The van der Waals surface area contributed by atoms with Gasteiger partial charge in [0.1, 0.15) is 5.01 Å². The van der Waals surface area contributed by atoms with Crippen molar-refractivity contribution in [3.63, 3.8) is 0 Å². The van der Waals surface area contributed by atoms with Gasteiger partial charge in [-0.2, -0.15) is 0 Å². The summed E-state index contributed by atoms with van der Waals surface area (Å²) in [5.41, 5.74) is 3.78. The third-order valence-electron chi connectivity index (χ3n) is 4.16. The van der Waals surface area contributed by atoms with Crippen LogP contribution in [-0.4, -0.2) is 28.6 Å². The molecular weight excluding hydrogens is 392 g/mol. The average Bonchev–Trinajstić information content (AvgIpc) is 3.05. The van der Waals surface area contributed by atoms with Crippen molar-refractivity contribution < 1.29 is 9.90 Å². The van der Waals surface area contributed by atoms with Crippen molar-refractivity contribution in [1.29, 1.82) is 0 Å². The number of nitrogens with zero attached hydrogens (tertiary/aromatic N) is 1. The molecule has 0 atom stereocenters. The zero-order valence-corrected chi connectivity index (χ0v) is 17.5. The number of hydrogen-bond donors (Lipinski definition) is 2. The van der Waals surface area contributed by atoms with Crippen LogP contribution in [-0.2, 0) is 17.6 Å². The first-order chi connectivity index (χ1) is 13.5. The Kier molecular flexibility index (Phi) is 6.83. The molecule has 6 heteroatoms. The molecule has 1 amide bonds. The summed E-state index contributed by atoms with van der Waals surface area (Å²) in [6, 6.07) is 15.7. The summed E-state index contributed by atoms with van der Waals surface area (Å²) in [6.45, 7) is 4.01. The molecule has 0 unspecified atom stereocenters. The van der Waals surface area contributed by atoms with Crippen LogP contribution in [0, 0.1) is 0 Å². The number of aliphatic hydroxyl groups excluding tert-OH is 1. The predicted molar refractivity (Wildman–Crippen MR) is 116 cm³/mol. The van der Waals surface area contributed by atoms with E-state index in [4.69, 9.17) is 21.7 Å². The molecule has 4 nitrogen and oxygen atoms in total. The fourth-order valence-electron chi connectivity index (χ4n) is 2.92. The Hall–Kier alpha value is -2.21. The van der Waals surface area contributed by atoms with Crippen LogP contribution in [0.1, 0.15) is 25.1 Å². The van der Waals surface area contributed by atoms with Crippen LogP contribution >= 0.6 is 22.9 Å². The molecule has 0 aliphatic carbocycles. The first-order valence-corrected chi connectivity index (χ1v) is 10.4. The molecule has 146 valence electrons. The minimum absolute atomic E-state index is 0.0478. The van der Waals surface area contributed by atoms with Gasteiger partial charge >= 0.3 is 0 Å². The van der Waals surface area contributed by atoms with Gasteiger partial charge in [0.15, 0.2) is 0 Å². The zero-order valence-electron chi connectivity index (χ0n) is 15.9. The topological polar surface area (TPSA) is 62.2 Å². The monoisotopic (exact) mass is 414 g/mol. The fraction of sp³-hybridized carbons (Fsp3) is 0.273. The number of halogens is 1. The summed E-state index contributed by atoms with van der Waals surface area (Å²) in [5.74, 6) is -0.0478. The van der Waals surface area contributed by atoms with E-state index in [2.05, 4.69) is 5.32 Å². The summed E-state index contributed by atoms with van der Waals surface area (Å²) in [5, 5.41) is 13.5. The lowest BCUT2D eigenvalue weighted by Crippen LogP contribution is -2.31. The van der Waals surface area contributed by atoms with Gasteiger partial charge in [-0.15, -0.1) is 11.3 Å². The number of thiazole rings is 1. The van der Waals surface area contributed by atoms with Gasteiger partial charge in [-0.05, 0) is 43.5 Å². The minimum Gasteiger partial charge on any atom is -0.396 e. The fourth-order valence-corrected chi connectivity index (χ4v) is 4.19. The van der Waals surface area contributed by atoms with Crippen LogP contribution in [0.25, 0.3) is 21.0 Å². The number of carbonyl (C=O) groups is 1. The van der Waals surface area contributed by atoms with E-state index >= 15 is 0 Å². The molecule has 0 saturated heterocycles. The van der Waals surface area contributed by atoms with Gasteiger partial charge in [0.2, 0.25) is 5.91 Å². The predicted octanol–water partition coefficient (Wildman–Crippen LogP) is 4.73. The van der Waals surface area contributed by atoms with Crippen LogP contribution in [0.4, 0.5) is 0 Å². The Balaban J connectivity index is 1.98. The molecule has 0 aliphatic rings. The first-order valence-electron chi connectivity index (χ1n) is 9.21. The average molecular weight is 415 g/mol. The molecule has 0 aliphatic heterocycles. The number of hydrogen-bond acceptors (Lipinski definition) is 4. The van der Waals surface area contributed by atoms with Gasteiger partial charge < -0.3 is 10.4 Å². The van der Waals surface area contributed by atoms with E-state index in [0.29, 0.717) is 11.4 Å². The quantitative estimate of drug-likeness (QED) is 0.587. The van der Waals surface area contributed by atoms with Crippen LogP contribution in [0.15, 0.2) is 48.5 Å². The molecule has 0 radical (unpaired) electrons. The van der Waals surface area contributed by atoms with E-state index in [1.54, 1.807) is 11.3 Å². The molecule has 1 heterocycles. The molecule has 28 heavy (non-hydrogen) atoms. The summed E-state index contributed by atoms with van der Waals surface area (Å²) >= 11 is 7.73. The van der Waals surface area contributed by atoms with Crippen molar-refractivity contribution in [3.05, 3.63) is 64.8 Å². The lowest BCUT2D eigenvalue weighted by atomic mass is 10.1. The number of benzene rings is 2. The molecule has 3 rings (SSSR count). The number of rotatable bonds is 7. The second-order valence-corrected chi connectivity index (χ2v) is 8.31. The highest BCUT2D eigenvalue weighted by molar-refractivity contribution is 7.18. The lowest BCUT2D eigenvalue weighted by Gasteiger charge is -2.08. The Labute approximate surface area is 174 Å². The van der Waals surface area contributed by atoms with Crippen molar-refractivity contribution in [3.8, 4) is 21.0 Å². The molecule has 2 aromatic carbocycles. The first kappa shape index (κ1) is 20.5. The van der Waals surface area contributed by atoms with Crippen LogP contribution in [0.5, 0.6) is 0 Å². The standard InChI is InChI=1S/C22H23ClN2O2S/c1-14(2)24-20(27)13-19-21(17-4-3-5-18(23)12-17)28-22(25-19)16-8-6-15(7-9-16)10-11-26/h3-9,12,14,26H,10-11,13H2,1-2H3,(H,24,27). The van der Waals surface area contributed by atoms with Gasteiger partial charge in [-0.1, -0.05) is 48.0 Å². The molecule has 3 aromatic rings. The summed E-state index contributed by atoms with van der Waals surface area (Å²) < 4.78 is 0. The molecular formula is C22H23ClN2O2S. The van der Waals surface area contributed by atoms with Crippen molar-refractivity contribution in [1.82, 2.24) is 10.3 Å². The third-order valence-corrected chi connectivity index (χ3v) is 5.59. The highest BCUT2D eigenvalue weighted by Crippen LogP contribution is 2.36. The molecule has 1 aromatic heterocycles. The normalized spacial score (nSPS) is 11.0. The van der Waals surface area contributed by atoms with Gasteiger partial charge in [0.05, 0.1) is 17.0 Å². The Morgan fingerprint density at radius 1 is 1.18 bits per heavy atom. The van der Waals surface area contributed by atoms with Crippen molar-refractivity contribution in [2.75, 3.05) is 6.61 Å². The summed E-state index contributed by atoms with van der Waals surface area (Å²) in [6.07, 6.45) is 0.853. The van der Waals surface area contributed by atoms with Crippen LogP contribution < -0.4 is 5.32 Å². The SMILES string of the molecule is CC(C)NC(=O)Cc1nc(-c2ccc(CCO)cc2)sc1-c1cccc(Cl)c1. The summed E-state index contributed by atoms with van der Waals surface area (Å²) in [4.78, 5) is 18.1. The van der Waals surface area contributed by atoms with E-state index in [1.807, 2.05) is 62.4 Å². The number of aliphatic hydroxyl groups is 1. The maximum atomic E-state index is 12.3. The van der Waals surface area contributed by atoms with Crippen LogP contribution in [0.3, 0.4) is 0 Å². The maximum absolute atomic E-state index is 12.3. The molecule has 0 saturated carbocycles. The number of amides is 1. The molecule has 0 spiro atoms. The van der Waals surface area contributed by atoms with Crippen LogP contribution in [0.2, 0.25) is 5.02 Å². The van der Waals surface area contributed by atoms with E-state index in [1.165, 1.54) is 0 Å². The van der Waals surface area contributed by atoms with E-state index in [9.17, 15) is 4.79 Å². The van der Waals surface area contributed by atoms with E-state index in [-0.39, 0.29) is 25.0 Å². The largest absolute Gasteiger partial charge is 0.396 e. The second-order valence-electron chi connectivity index (χ2n) is 6.87. The van der Waals surface area contributed by atoms with E-state index in [0.717, 1.165) is 32.3 Å². The summed E-state index contributed by atoms with van der Waals surface area (Å²) in [7, 11) is 0. The van der Waals surface area contributed by atoms with E-state index < -0.39 is 0 Å². The Morgan fingerprint density at radius 3 is 2.57 bits per heavy atom. The van der Waals surface area contributed by atoms with Gasteiger partial charge in [0, 0.05) is 23.2 Å². The van der Waals surface area contributed by atoms with Gasteiger partial charge in [-0.3, -0.25) is 4.79 Å². The molecule has 2 N–H and O–H groups in total. The minimum atomic E-state index is -0.0478. The number of nitrogens with one attached hydrogen (secondary N) is 1. The van der Waals surface area contributed by atoms with Crippen molar-refractivity contribution in [2.45, 2.75) is 32.7 Å². The highest BCUT2D eigenvalue weighted by atomic mass is 35.5. The highest BCUT2D eigenvalue weighted by Gasteiger charge is 2.18. The molecule has 0 fully saturated rings. The molecule has 0 bridgehead atoms. The number of carbonyl (C=O) groups excluding carboxylic acids is 1. The van der Waals surface area contributed by atoms with Gasteiger partial charge in [0.25, 0.3) is 0 Å². The maximum Gasteiger partial charge on any atom is 0.226 e. The van der Waals surface area contributed by atoms with Crippen molar-refractivity contribution >= 4 is 28.8 Å². The van der Waals surface area contributed by atoms with Crippen molar-refractivity contribution in [2.24, 2.45) is 0 Å². The Bertz CT molecular complexity index is 951. The second kappa shape index (κ2) is 9.32. The smallest absolute Gasteiger partial charge is 0.226 e. The zero-order chi connectivity index (χ0) is 20.1.